The van der Waals surface area contributed by atoms with E-state index >= 15 is 0 Å². The smallest absolute Gasteiger partial charge is 0.320 e. The molecule has 0 bridgehead atoms. The molecule has 0 amide bonds. The van der Waals surface area contributed by atoms with Gasteiger partial charge >= 0.3 is 5.97 Å². The molecule has 2 aliphatic rings. The molecule has 1 N–H and O–H groups in total. The van der Waals surface area contributed by atoms with Gasteiger partial charge in [0.1, 0.15) is 6.04 Å². The summed E-state index contributed by atoms with van der Waals surface area (Å²) < 4.78 is 0. The summed E-state index contributed by atoms with van der Waals surface area (Å²) in [4.78, 5) is 13.3. The lowest BCUT2D eigenvalue weighted by molar-refractivity contribution is -0.142. The maximum absolute atomic E-state index is 11.1. The summed E-state index contributed by atoms with van der Waals surface area (Å²) in [5.41, 5.74) is 0. The highest BCUT2D eigenvalue weighted by atomic mass is 16.4. The van der Waals surface area contributed by atoms with Crippen molar-refractivity contribution in [1.29, 1.82) is 0 Å². The third kappa shape index (κ3) is 2.76. The predicted octanol–water partition coefficient (Wildman–Crippen LogP) is 2.36. The maximum atomic E-state index is 11.1. The van der Waals surface area contributed by atoms with Gasteiger partial charge in [0.2, 0.25) is 0 Å². The second-order valence-corrected chi connectivity index (χ2v) is 5.63. The van der Waals surface area contributed by atoms with Crippen molar-refractivity contribution in [3.8, 4) is 0 Å². The number of hydrogen-bond acceptors (Lipinski definition) is 2. The number of carbonyl (C=O) groups is 1. The Morgan fingerprint density at radius 2 is 2.12 bits per heavy atom. The monoisotopic (exact) mass is 225 g/mol. The van der Waals surface area contributed by atoms with Gasteiger partial charge < -0.3 is 5.11 Å². The number of carboxylic acid groups (broad SMARTS) is 1. The zero-order chi connectivity index (χ0) is 11.5. The van der Waals surface area contributed by atoms with Gasteiger partial charge in [-0.05, 0) is 44.1 Å². The zero-order valence-corrected chi connectivity index (χ0v) is 10.2. The number of hydrogen-bond donors (Lipinski definition) is 1. The number of carboxylic acids is 1. The molecule has 1 heterocycles. The van der Waals surface area contributed by atoms with Crippen molar-refractivity contribution >= 4 is 5.97 Å². The van der Waals surface area contributed by atoms with Crippen LogP contribution in [0.4, 0.5) is 0 Å². The average Bonchev–Trinajstić information content (AvgIpc) is 2.66. The Labute approximate surface area is 97.8 Å². The fourth-order valence-corrected chi connectivity index (χ4v) is 3.38. The third-order valence-corrected chi connectivity index (χ3v) is 4.19. The van der Waals surface area contributed by atoms with Gasteiger partial charge in [0.15, 0.2) is 0 Å². The summed E-state index contributed by atoms with van der Waals surface area (Å²) in [6, 6.07) is -0.197. The SMILES string of the molecule is CC1CCCC(CN2CCC[C@@H]2C(=O)O)C1. The molecule has 3 atom stereocenters. The highest BCUT2D eigenvalue weighted by Crippen LogP contribution is 2.30. The van der Waals surface area contributed by atoms with Crippen LogP contribution in [0.5, 0.6) is 0 Å². The minimum atomic E-state index is -0.624. The Balaban J connectivity index is 1.86. The van der Waals surface area contributed by atoms with Crippen molar-refractivity contribution in [2.45, 2.75) is 51.5 Å². The van der Waals surface area contributed by atoms with Gasteiger partial charge in [-0.1, -0.05) is 19.8 Å². The first-order valence-corrected chi connectivity index (χ1v) is 6.63. The highest BCUT2D eigenvalue weighted by molar-refractivity contribution is 5.73. The van der Waals surface area contributed by atoms with E-state index < -0.39 is 5.97 Å². The van der Waals surface area contributed by atoms with E-state index in [1.807, 2.05) is 0 Å². The van der Waals surface area contributed by atoms with Crippen molar-refractivity contribution in [1.82, 2.24) is 4.90 Å². The van der Waals surface area contributed by atoms with Crippen molar-refractivity contribution < 1.29 is 9.90 Å². The zero-order valence-electron chi connectivity index (χ0n) is 10.2. The Kier molecular flexibility index (Phi) is 3.85. The fraction of sp³-hybridized carbons (Fsp3) is 0.923. The van der Waals surface area contributed by atoms with Gasteiger partial charge in [-0.15, -0.1) is 0 Å². The van der Waals surface area contributed by atoms with Crippen molar-refractivity contribution in [3.63, 3.8) is 0 Å². The highest BCUT2D eigenvalue weighted by Gasteiger charge is 2.32. The van der Waals surface area contributed by atoms with Gasteiger partial charge in [0.25, 0.3) is 0 Å². The van der Waals surface area contributed by atoms with Gasteiger partial charge in [0, 0.05) is 6.54 Å². The molecule has 0 aromatic heterocycles. The minimum Gasteiger partial charge on any atom is -0.480 e. The number of likely N-dealkylation sites (tertiary alicyclic amines) is 1. The second-order valence-electron chi connectivity index (χ2n) is 5.63. The number of rotatable bonds is 3. The first-order chi connectivity index (χ1) is 7.66. The standard InChI is InChI=1S/C13H23NO2/c1-10-4-2-5-11(8-10)9-14-7-3-6-12(14)13(15)16/h10-12H,2-9H2,1H3,(H,15,16)/t10?,11?,12-/m1/s1. The van der Waals surface area contributed by atoms with E-state index in [1.54, 1.807) is 0 Å². The fourth-order valence-electron chi connectivity index (χ4n) is 3.38. The van der Waals surface area contributed by atoms with E-state index in [9.17, 15) is 4.79 Å². The van der Waals surface area contributed by atoms with Crippen LogP contribution in [-0.4, -0.2) is 35.1 Å². The Bertz CT molecular complexity index is 254. The topological polar surface area (TPSA) is 40.5 Å². The molecule has 0 aromatic rings. The normalized spacial score (nSPS) is 36.4. The maximum Gasteiger partial charge on any atom is 0.320 e. The molecule has 0 aromatic carbocycles. The lowest BCUT2D eigenvalue weighted by Gasteiger charge is -2.31. The van der Waals surface area contributed by atoms with E-state index in [0.717, 1.165) is 37.8 Å². The molecule has 1 aliphatic carbocycles. The molecular formula is C13H23NO2. The second kappa shape index (κ2) is 5.17. The molecule has 1 aliphatic heterocycles. The number of nitrogens with zero attached hydrogens (tertiary/aromatic N) is 1. The van der Waals surface area contributed by atoms with Gasteiger partial charge in [-0.3, -0.25) is 9.69 Å². The average molecular weight is 225 g/mol. The predicted molar refractivity (Wildman–Crippen MR) is 63.4 cm³/mol. The molecule has 2 unspecified atom stereocenters. The third-order valence-electron chi connectivity index (χ3n) is 4.19. The van der Waals surface area contributed by atoms with Crippen molar-refractivity contribution in [2.75, 3.05) is 13.1 Å². The van der Waals surface area contributed by atoms with E-state index in [-0.39, 0.29) is 6.04 Å². The summed E-state index contributed by atoms with van der Waals surface area (Å²) in [5.74, 6) is 0.953. The summed E-state index contributed by atoms with van der Waals surface area (Å²) in [5, 5.41) is 9.12. The van der Waals surface area contributed by atoms with Crippen LogP contribution in [0.3, 0.4) is 0 Å². The first kappa shape index (κ1) is 11.9. The van der Waals surface area contributed by atoms with Gasteiger partial charge in [-0.2, -0.15) is 0 Å². The number of aliphatic carboxylic acids is 1. The molecule has 0 spiro atoms. The Hall–Kier alpha value is -0.570. The van der Waals surface area contributed by atoms with Crippen LogP contribution in [0.1, 0.15) is 45.4 Å². The van der Waals surface area contributed by atoms with Gasteiger partial charge in [0.05, 0.1) is 0 Å². The van der Waals surface area contributed by atoms with Crippen LogP contribution in [0.25, 0.3) is 0 Å². The first-order valence-electron chi connectivity index (χ1n) is 6.63. The molecule has 1 saturated heterocycles. The molecule has 2 fully saturated rings. The molecule has 1 saturated carbocycles. The van der Waals surface area contributed by atoms with Gasteiger partial charge in [-0.25, -0.2) is 0 Å². The lowest BCUT2D eigenvalue weighted by atomic mass is 9.82. The molecule has 3 nitrogen and oxygen atoms in total. The summed E-state index contributed by atoms with van der Waals surface area (Å²) >= 11 is 0. The van der Waals surface area contributed by atoms with Crippen LogP contribution >= 0.6 is 0 Å². The minimum absolute atomic E-state index is 0.197. The van der Waals surface area contributed by atoms with E-state index in [4.69, 9.17) is 5.11 Å². The Morgan fingerprint density at radius 3 is 2.81 bits per heavy atom. The molecule has 92 valence electrons. The van der Waals surface area contributed by atoms with Crippen molar-refractivity contribution in [2.24, 2.45) is 11.8 Å². The summed E-state index contributed by atoms with van der Waals surface area (Å²) in [6.45, 7) is 4.33. The van der Waals surface area contributed by atoms with E-state index in [2.05, 4.69) is 11.8 Å². The van der Waals surface area contributed by atoms with E-state index in [0.29, 0.717) is 0 Å². The molecule has 3 heteroatoms. The lowest BCUT2D eigenvalue weighted by Crippen LogP contribution is -2.39. The summed E-state index contributed by atoms with van der Waals surface area (Å²) in [7, 11) is 0. The molecule has 0 radical (unpaired) electrons. The van der Waals surface area contributed by atoms with E-state index in [1.165, 1.54) is 25.7 Å². The molecular weight excluding hydrogens is 202 g/mol. The van der Waals surface area contributed by atoms with Crippen LogP contribution in [0, 0.1) is 11.8 Å². The molecule has 16 heavy (non-hydrogen) atoms. The van der Waals surface area contributed by atoms with Crippen LogP contribution < -0.4 is 0 Å². The Morgan fingerprint density at radius 1 is 1.31 bits per heavy atom. The molecule has 2 rings (SSSR count). The van der Waals surface area contributed by atoms with Crippen LogP contribution in [0.15, 0.2) is 0 Å². The van der Waals surface area contributed by atoms with Crippen LogP contribution in [0.2, 0.25) is 0 Å². The summed E-state index contributed by atoms with van der Waals surface area (Å²) in [6.07, 6.45) is 7.18. The van der Waals surface area contributed by atoms with Crippen LogP contribution in [-0.2, 0) is 4.79 Å². The van der Waals surface area contributed by atoms with Crippen molar-refractivity contribution in [3.05, 3.63) is 0 Å². The largest absolute Gasteiger partial charge is 0.480 e. The quantitative estimate of drug-likeness (QED) is 0.801.